The van der Waals surface area contributed by atoms with Gasteiger partial charge in [0, 0.05) is 11.7 Å². The van der Waals surface area contributed by atoms with E-state index in [9.17, 15) is 9.59 Å². The third-order valence-corrected chi connectivity index (χ3v) is 3.73. The fraction of sp³-hybridized carbons (Fsp3) is 0.429. The van der Waals surface area contributed by atoms with Gasteiger partial charge >= 0.3 is 5.97 Å². The van der Waals surface area contributed by atoms with E-state index >= 15 is 0 Å². The smallest absolute Gasteiger partial charge is 0.323 e. The van der Waals surface area contributed by atoms with Crippen LogP contribution < -0.4 is 10.6 Å². The van der Waals surface area contributed by atoms with Crippen molar-refractivity contribution in [2.24, 2.45) is 5.92 Å². The van der Waals surface area contributed by atoms with Crippen LogP contribution in [0, 0.1) is 5.92 Å². The Kier molecular flexibility index (Phi) is 2.98. The monoisotopic (exact) mass is 260 g/mol. The Morgan fingerprint density at radius 1 is 1.42 bits per heavy atom. The molecule has 100 valence electrons. The van der Waals surface area contributed by atoms with Crippen LogP contribution in [0.5, 0.6) is 0 Å². The van der Waals surface area contributed by atoms with Gasteiger partial charge in [0.25, 0.3) is 0 Å². The third kappa shape index (κ3) is 2.00. The second-order valence-corrected chi connectivity index (χ2v) is 4.87. The molecule has 2 aliphatic heterocycles. The summed E-state index contributed by atoms with van der Waals surface area (Å²) >= 11 is 0. The van der Waals surface area contributed by atoms with Crippen molar-refractivity contribution in [3.05, 3.63) is 29.8 Å². The molecule has 19 heavy (non-hydrogen) atoms. The summed E-state index contributed by atoms with van der Waals surface area (Å²) in [6.45, 7) is 2.14. The molecule has 3 atom stereocenters. The molecule has 1 amide bonds. The maximum absolute atomic E-state index is 12.1. The molecule has 0 spiro atoms. The summed E-state index contributed by atoms with van der Waals surface area (Å²) < 4.78 is 5.02. The van der Waals surface area contributed by atoms with Crippen LogP contribution in [0.2, 0.25) is 0 Å². The molecule has 2 aliphatic rings. The number of amides is 1. The Hall–Kier alpha value is -1.88. The lowest BCUT2D eigenvalue weighted by Crippen LogP contribution is -2.36. The summed E-state index contributed by atoms with van der Waals surface area (Å²) in [4.78, 5) is 23.9. The van der Waals surface area contributed by atoms with Crippen LogP contribution in [0.25, 0.3) is 0 Å². The predicted octanol–water partition coefficient (Wildman–Crippen LogP) is 1.22. The third-order valence-electron chi connectivity index (χ3n) is 3.73. The summed E-state index contributed by atoms with van der Waals surface area (Å²) in [6, 6.07) is 7.19. The molecule has 2 heterocycles. The molecule has 5 heteroatoms. The van der Waals surface area contributed by atoms with Gasteiger partial charge in [-0.2, -0.15) is 0 Å². The van der Waals surface area contributed by atoms with Gasteiger partial charge in [-0.15, -0.1) is 0 Å². The molecular formula is C14H16N2O3. The summed E-state index contributed by atoms with van der Waals surface area (Å²) in [6.07, 6.45) is 0.490. The average Bonchev–Trinajstić information content (AvgIpc) is 2.85. The van der Waals surface area contributed by atoms with E-state index < -0.39 is 6.04 Å². The molecule has 1 fully saturated rings. The van der Waals surface area contributed by atoms with Gasteiger partial charge in [0.2, 0.25) is 5.91 Å². The number of para-hydroxylation sites is 1. The van der Waals surface area contributed by atoms with E-state index in [0.717, 1.165) is 11.3 Å². The quantitative estimate of drug-likeness (QED) is 0.785. The largest absolute Gasteiger partial charge is 0.465 e. The molecule has 0 unspecified atom stereocenters. The number of nitrogens with one attached hydrogen (secondary N) is 2. The van der Waals surface area contributed by atoms with Crippen molar-refractivity contribution in [3.8, 4) is 0 Å². The number of ether oxygens (including phenoxy) is 1. The molecule has 0 aromatic heterocycles. The molecule has 3 rings (SSSR count). The summed E-state index contributed by atoms with van der Waals surface area (Å²) in [7, 11) is 0. The fourth-order valence-corrected chi connectivity index (χ4v) is 2.87. The van der Waals surface area contributed by atoms with Gasteiger partial charge in [-0.3, -0.25) is 14.9 Å². The van der Waals surface area contributed by atoms with Crippen molar-refractivity contribution in [1.82, 2.24) is 5.32 Å². The Morgan fingerprint density at radius 2 is 2.21 bits per heavy atom. The van der Waals surface area contributed by atoms with Gasteiger partial charge in [-0.05, 0) is 25.0 Å². The van der Waals surface area contributed by atoms with Crippen molar-refractivity contribution in [2.45, 2.75) is 25.4 Å². The van der Waals surface area contributed by atoms with Crippen molar-refractivity contribution >= 4 is 17.6 Å². The highest BCUT2D eigenvalue weighted by atomic mass is 16.5. The first-order valence-corrected chi connectivity index (χ1v) is 6.53. The van der Waals surface area contributed by atoms with Crippen LogP contribution in [0.4, 0.5) is 5.69 Å². The zero-order valence-corrected chi connectivity index (χ0v) is 10.7. The molecule has 1 saturated heterocycles. The predicted molar refractivity (Wildman–Crippen MR) is 69.5 cm³/mol. The number of anilines is 1. The minimum Gasteiger partial charge on any atom is -0.465 e. The number of esters is 1. The van der Waals surface area contributed by atoms with Gasteiger partial charge in [0.15, 0.2) is 0 Å². The molecule has 0 bridgehead atoms. The number of rotatable bonds is 2. The molecule has 2 N–H and O–H groups in total. The molecule has 0 aliphatic carbocycles. The highest BCUT2D eigenvalue weighted by Crippen LogP contribution is 2.40. The first-order chi connectivity index (χ1) is 9.20. The number of benzene rings is 1. The minimum absolute atomic E-state index is 0.0250. The fourth-order valence-electron chi connectivity index (χ4n) is 2.87. The molecule has 0 saturated carbocycles. The van der Waals surface area contributed by atoms with Crippen LogP contribution in [0.15, 0.2) is 24.3 Å². The van der Waals surface area contributed by atoms with Crippen molar-refractivity contribution in [2.75, 3.05) is 11.9 Å². The van der Waals surface area contributed by atoms with Crippen molar-refractivity contribution in [1.29, 1.82) is 0 Å². The zero-order chi connectivity index (χ0) is 13.4. The second-order valence-electron chi connectivity index (χ2n) is 4.87. The first-order valence-electron chi connectivity index (χ1n) is 6.53. The van der Waals surface area contributed by atoms with E-state index in [4.69, 9.17) is 4.74 Å². The maximum Gasteiger partial charge on any atom is 0.323 e. The Balaban J connectivity index is 1.87. The molecular weight excluding hydrogens is 244 g/mol. The topological polar surface area (TPSA) is 67.4 Å². The van der Waals surface area contributed by atoms with Gasteiger partial charge in [-0.25, -0.2) is 0 Å². The molecule has 0 radical (unpaired) electrons. The zero-order valence-electron chi connectivity index (χ0n) is 10.7. The molecule has 1 aromatic carbocycles. The van der Waals surface area contributed by atoms with Gasteiger partial charge in [0.05, 0.1) is 12.5 Å². The normalized spacial score (nSPS) is 28.3. The Morgan fingerprint density at radius 3 is 3.00 bits per heavy atom. The number of carbonyl (C=O) groups excluding carboxylic acids is 2. The van der Waals surface area contributed by atoms with Gasteiger partial charge in [-0.1, -0.05) is 18.2 Å². The average molecular weight is 260 g/mol. The van der Waals surface area contributed by atoms with Crippen molar-refractivity contribution < 1.29 is 14.3 Å². The highest BCUT2D eigenvalue weighted by Gasteiger charge is 2.45. The Labute approximate surface area is 111 Å². The summed E-state index contributed by atoms with van der Waals surface area (Å²) in [5, 5.41) is 6.12. The standard InChI is InChI=1S/C14H16N2O3/c1-2-19-14(18)11-7-9-12(15-11)8-5-3-4-6-10(8)16-13(9)17/h3-6,9,11-12,15H,2,7H2,1H3,(H,16,17)/t9-,11-,12-/m1/s1. The van der Waals surface area contributed by atoms with E-state index in [1.807, 2.05) is 24.3 Å². The van der Waals surface area contributed by atoms with Gasteiger partial charge in [0.1, 0.15) is 6.04 Å². The van der Waals surface area contributed by atoms with Crippen LogP contribution in [0.3, 0.4) is 0 Å². The lowest BCUT2D eigenvalue weighted by atomic mass is 9.88. The van der Waals surface area contributed by atoms with Crippen molar-refractivity contribution in [3.63, 3.8) is 0 Å². The molecule has 1 aromatic rings. The van der Waals surface area contributed by atoms with E-state index in [2.05, 4.69) is 10.6 Å². The number of fused-ring (bicyclic) bond motifs is 3. The Bertz CT molecular complexity index is 529. The van der Waals surface area contributed by atoms with E-state index in [-0.39, 0.29) is 23.8 Å². The van der Waals surface area contributed by atoms with E-state index in [0.29, 0.717) is 13.0 Å². The van der Waals surface area contributed by atoms with Crippen LogP contribution in [-0.2, 0) is 14.3 Å². The summed E-state index contributed by atoms with van der Waals surface area (Å²) in [5.74, 6) is -0.505. The highest BCUT2D eigenvalue weighted by molar-refractivity contribution is 5.97. The second kappa shape index (κ2) is 4.66. The number of hydrogen-bond donors (Lipinski definition) is 2. The van der Waals surface area contributed by atoms with E-state index in [1.165, 1.54) is 0 Å². The van der Waals surface area contributed by atoms with Crippen LogP contribution >= 0.6 is 0 Å². The van der Waals surface area contributed by atoms with Crippen LogP contribution in [0.1, 0.15) is 24.9 Å². The lowest BCUT2D eigenvalue weighted by molar-refractivity contribution is -0.145. The van der Waals surface area contributed by atoms with E-state index in [1.54, 1.807) is 6.92 Å². The number of hydrogen-bond acceptors (Lipinski definition) is 4. The SMILES string of the molecule is CCOC(=O)[C@H]1C[C@H]2C(=O)Nc3ccccc3[C@H]2N1. The van der Waals surface area contributed by atoms with Gasteiger partial charge < -0.3 is 10.1 Å². The minimum atomic E-state index is -0.396. The van der Waals surface area contributed by atoms with Crippen LogP contribution in [-0.4, -0.2) is 24.5 Å². The summed E-state index contributed by atoms with van der Waals surface area (Å²) in [5.41, 5.74) is 1.87. The first kappa shape index (κ1) is 12.2. The lowest BCUT2D eigenvalue weighted by Gasteiger charge is -2.27. The maximum atomic E-state index is 12.1. The number of carbonyl (C=O) groups is 2. The molecule has 5 nitrogen and oxygen atoms in total.